The van der Waals surface area contributed by atoms with E-state index in [1.807, 2.05) is 20.8 Å². The van der Waals surface area contributed by atoms with Crippen molar-refractivity contribution >= 4 is 17.3 Å². The average molecular weight is 296 g/mol. The van der Waals surface area contributed by atoms with Gasteiger partial charge in [-0.2, -0.15) is 4.98 Å². The van der Waals surface area contributed by atoms with Gasteiger partial charge >= 0.3 is 5.97 Å². The molecule has 0 atom stereocenters. The van der Waals surface area contributed by atoms with E-state index >= 15 is 0 Å². The summed E-state index contributed by atoms with van der Waals surface area (Å²) in [5.41, 5.74) is -0.126. The van der Waals surface area contributed by atoms with Gasteiger partial charge < -0.3 is 14.4 Å². The fourth-order valence-electron chi connectivity index (χ4n) is 1.54. The molecule has 0 aliphatic rings. The molecule has 2 aromatic rings. The van der Waals surface area contributed by atoms with Crippen LogP contribution in [0.3, 0.4) is 0 Å². The highest BCUT2D eigenvalue weighted by molar-refractivity contribution is 7.14. The Balaban J connectivity index is 2.21. The number of nitrogens with zero attached hydrogens (tertiary/aromatic N) is 2. The maximum Gasteiger partial charge on any atom is 0.349 e. The summed E-state index contributed by atoms with van der Waals surface area (Å²) in [6, 6.07) is 1.76. The molecule has 0 bridgehead atoms. The number of carboxylic acid groups (broad SMARTS) is 1. The number of carbonyl (C=O) groups is 1. The third kappa shape index (κ3) is 3.16. The van der Waals surface area contributed by atoms with Crippen LogP contribution < -0.4 is 4.74 Å². The maximum absolute atomic E-state index is 11.3. The normalized spacial score (nSPS) is 11.6. The minimum atomic E-state index is -0.996. The highest BCUT2D eigenvalue weighted by Crippen LogP contribution is 2.37. The first-order chi connectivity index (χ1) is 9.27. The Morgan fingerprint density at radius 3 is 2.70 bits per heavy atom. The lowest BCUT2D eigenvalue weighted by Crippen LogP contribution is -2.08. The molecule has 0 aliphatic heterocycles. The molecule has 0 unspecified atom stereocenters. The third-order valence-electron chi connectivity index (χ3n) is 2.56. The lowest BCUT2D eigenvalue weighted by Gasteiger charge is -2.14. The van der Waals surface area contributed by atoms with Crippen molar-refractivity contribution in [3.63, 3.8) is 0 Å². The molecule has 0 spiro atoms. The molecule has 0 fully saturated rings. The minimum absolute atomic E-state index is 0.0813. The van der Waals surface area contributed by atoms with Gasteiger partial charge in [0.25, 0.3) is 0 Å². The van der Waals surface area contributed by atoms with Gasteiger partial charge in [-0.05, 0) is 11.5 Å². The number of hydrogen-bond donors (Lipinski definition) is 1. The number of hydrogen-bond acceptors (Lipinski definition) is 6. The van der Waals surface area contributed by atoms with Gasteiger partial charge in [0.05, 0.1) is 0 Å². The van der Waals surface area contributed by atoms with Crippen LogP contribution in [0.1, 0.15) is 47.0 Å². The number of ether oxygens (including phenoxy) is 1. The van der Waals surface area contributed by atoms with E-state index in [1.165, 1.54) is 11.3 Å². The van der Waals surface area contributed by atoms with Crippen LogP contribution >= 0.6 is 11.3 Å². The summed E-state index contributed by atoms with van der Waals surface area (Å²) >= 11 is 1.23. The van der Waals surface area contributed by atoms with Crippen molar-refractivity contribution in [2.45, 2.75) is 39.7 Å². The highest BCUT2D eigenvalue weighted by atomic mass is 32.1. The zero-order valence-corrected chi connectivity index (χ0v) is 12.6. The first-order valence-corrected chi connectivity index (χ1v) is 6.88. The zero-order valence-electron chi connectivity index (χ0n) is 11.8. The van der Waals surface area contributed by atoms with E-state index < -0.39 is 5.97 Å². The predicted molar refractivity (Wildman–Crippen MR) is 73.3 cm³/mol. The van der Waals surface area contributed by atoms with Crippen molar-refractivity contribution in [1.82, 2.24) is 10.1 Å². The molecule has 108 valence electrons. The van der Waals surface area contributed by atoms with E-state index in [1.54, 1.807) is 13.0 Å². The second-order valence-electron chi connectivity index (χ2n) is 5.38. The van der Waals surface area contributed by atoms with Gasteiger partial charge in [0.2, 0.25) is 11.7 Å². The fourth-order valence-corrected chi connectivity index (χ4v) is 2.54. The van der Waals surface area contributed by atoms with Crippen molar-refractivity contribution < 1.29 is 19.2 Å². The summed E-state index contributed by atoms with van der Waals surface area (Å²) in [7, 11) is 0. The lowest BCUT2D eigenvalue weighted by atomic mass is 9.95. The summed E-state index contributed by atoms with van der Waals surface area (Å²) in [6.07, 6.45) is 0. The summed E-state index contributed by atoms with van der Waals surface area (Å²) in [5.74, 6) is 0.185. The molecule has 1 N–H and O–H groups in total. The predicted octanol–water partition coefficient (Wildman–Crippen LogP) is 3.01. The summed E-state index contributed by atoms with van der Waals surface area (Å²) < 4.78 is 10.4. The molecule has 0 saturated carbocycles. The molecular weight excluding hydrogens is 280 g/mol. The number of aromatic nitrogens is 2. The van der Waals surface area contributed by atoms with Crippen LogP contribution in [-0.4, -0.2) is 21.2 Å². The molecular formula is C13H16N2O4S. The van der Waals surface area contributed by atoms with Crippen molar-refractivity contribution in [2.75, 3.05) is 0 Å². The number of aromatic carboxylic acids is 1. The van der Waals surface area contributed by atoms with Crippen LogP contribution in [0.15, 0.2) is 10.6 Å². The van der Waals surface area contributed by atoms with E-state index in [0.717, 1.165) is 4.88 Å². The van der Waals surface area contributed by atoms with Crippen molar-refractivity contribution in [3.8, 4) is 5.75 Å². The molecule has 0 saturated heterocycles. The van der Waals surface area contributed by atoms with Gasteiger partial charge in [0, 0.05) is 11.8 Å². The standard InChI is InChI=1S/C13H16N2O4S/c1-7-14-10(15-19-7)6-18-8-5-9(13(2,3)4)20-11(8)12(16)17/h5H,6H2,1-4H3,(H,16,17). The number of carboxylic acids is 1. The monoisotopic (exact) mass is 296 g/mol. The summed E-state index contributed by atoms with van der Waals surface area (Å²) in [5, 5.41) is 12.9. The topological polar surface area (TPSA) is 85.5 Å². The van der Waals surface area contributed by atoms with Crippen molar-refractivity contribution in [2.24, 2.45) is 0 Å². The van der Waals surface area contributed by atoms with Crippen LogP contribution in [0.4, 0.5) is 0 Å². The molecule has 2 aromatic heterocycles. The lowest BCUT2D eigenvalue weighted by molar-refractivity contribution is 0.0697. The first-order valence-electron chi connectivity index (χ1n) is 6.07. The van der Waals surface area contributed by atoms with Crippen LogP contribution in [0.5, 0.6) is 5.75 Å². The molecule has 0 radical (unpaired) electrons. The average Bonchev–Trinajstić information content (AvgIpc) is 2.91. The van der Waals surface area contributed by atoms with Gasteiger partial charge in [-0.15, -0.1) is 11.3 Å². The Morgan fingerprint density at radius 1 is 1.50 bits per heavy atom. The van der Waals surface area contributed by atoms with Gasteiger partial charge in [0.15, 0.2) is 11.5 Å². The first kappa shape index (κ1) is 14.5. The molecule has 6 nitrogen and oxygen atoms in total. The number of aryl methyl sites for hydroxylation is 1. The van der Waals surface area contributed by atoms with Gasteiger partial charge in [-0.3, -0.25) is 0 Å². The molecule has 2 heterocycles. The van der Waals surface area contributed by atoms with Crippen molar-refractivity contribution in [3.05, 3.63) is 27.5 Å². The van der Waals surface area contributed by atoms with E-state index in [-0.39, 0.29) is 16.9 Å². The minimum Gasteiger partial charge on any atom is -0.484 e. The van der Waals surface area contributed by atoms with Crippen LogP contribution in [-0.2, 0) is 12.0 Å². The molecule has 20 heavy (non-hydrogen) atoms. The van der Waals surface area contributed by atoms with E-state index in [0.29, 0.717) is 17.5 Å². The van der Waals surface area contributed by atoms with E-state index in [9.17, 15) is 9.90 Å². The van der Waals surface area contributed by atoms with Crippen molar-refractivity contribution in [1.29, 1.82) is 0 Å². The second kappa shape index (κ2) is 5.24. The van der Waals surface area contributed by atoms with E-state index in [2.05, 4.69) is 10.1 Å². The zero-order chi connectivity index (χ0) is 14.9. The molecule has 2 rings (SSSR count). The highest BCUT2D eigenvalue weighted by Gasteiger charge is 2.24. The molecule has 0 amide bonds. The second-order valence-corrected chi connectivity index (χ2v) is 6.43. The van der Waals surface area contributed by atoms with E-state index in [4.69, 9.17) is 9.26 Å². The molecule has 0 aliphatic carbocycles. The fraction of sp³-hybridized carbons (Fsp3) is 0.462. The van der Waals surface area contributed by atoms with Crippen LogP contribution in [0, 0.1) is 6.92 Å². The van der Waals surface area contributed by atoms with Gasteiger partial charge in [-0.1, -0.05) is 25.9 Å². The summed E-state index contributed by atoms with van der Waals surface area (Å²) in [6.45, 7) is 7.84. The van der Waals surface area contributed by atoms with Gasteiger partial charge in [-0.25, -0.2) is 4.79 Å². The quantitative estimate of drug-likeness (QED) is 0.933. The maximum atomic E-state index is 11.3. The Hall–Kier alpha value is -1.89. The third-order valence-corrected chi connectivity index (χ3v) is 4.09. The molecule has 7 heteroatoms. The SMILES string of the molecule is Cc1nc(COc2cc(C(C)(C)C)sc2C(=O)O)no1. The van der Waals surface area contributed by atoms with Gasteiger partial charge in [0.1, 0.15) is 5.75 Å². The van der Waals surface area contributed by atoms with Crippen LogP contribution in [0.25, 0.3) is 0 Å². The smallest absolute Gasteiger partial charge is 0.349 e. The Bertz CT molecular complexity index is 625. The Labute approximate surface area is 120 Å². The number of rotatable bonds is 4. The largest absolute Gasteiger partial charge is 0.484 e. The van der Waals surface area contributed by atoms with Crippen LogP contribution in [0.2, 0.25) is 0 Å². The molecule has 0 aromatic carbocycles. The Kier molecular flexibility index (Phi) is 3.80. The number of thiophene rings is 1. The Morgan fingerprint density at radius 2 is 2.20 bits per heavy atom. The summed E-state index contributed by atoms with van der Waals surface area (Å²) in [4.78, 5) is 16.4.